The number of amides is 4. The smallest absolute Gasteiger partial charge is 0.325 e. The van der Waals surface area contributed by atoms with Gasteiger partial charge in [0, 0.05) is 19.3 Å². The molecular formula is C17H23N5O4. The van der Waals surface area contributed by atoms with E-state index in [1.54, 1.807) is 25.3 Å². The first-order chi connectivity index (χ1) is 12.4. The van der Waals surface area contributed by atoms with Crippen LogP contribution in [-0.4, -0.2) is 66.1 Å². The van der Waals surface area contributed by atoms with E-state index >= 15 is 0 Å². The summed E-state index contributed by atoms with van der Waals surface area (Å²) >= 11 is 0. The lowest BCUT2D eigenvalue weighted by Crippen LogP contribution is -2.44. The summed E-state index contributed by atoms with van der Waals surface area (Å²) in [7, 11) is 0. The molecule has 2 saturated heterocycles. The third-order valence-corrected chi connectivity index (χ3v) is 4.73. The van der Waals surface area contributed by atoms with Crippen LogP contribution in [0.25, 0.3) is 0 Å². The van der Waals surface area contributed by atoms with Crippen molar-refractivity contribution in [3.05, 3.63) is 18.3 Å². The first-order valence-electron chi connectivity index (χ1n) is 8.66. The SMILES string of the molecule is CCC1(C)NC(=O)N(CC(=O)Nc2cccnc2N2CCOCC2)C1=O. The normalized spacial score (nSPS) is 23.2. The molecule has 0 aliphatic carbocycles. The molecule has 0 spiro atoms. The van der Waals surface area contributed by atoms with Crippen molar-refractivity contribution in [1.82, 2.24) is 15.2 Å². The van der Waals surface area contributed by atoms with Crippen LogP contribution >= 0.6 is 0 Å². The number of imide groups is 1. The Kier molecular flexibility index (Phi) is 5.08. The summed E-state index contributed by atoms with van der Waals surface area (Å²) < 4.78 is 5.34. The van der Waals surface area contributed by atoms with Gasteiger partial charge in [-0.05, 0) is 25.5 Å². The third kappa shape index (κ3) is 3.48. The number of hydrogen-bond donors (Lipinski definition) is 2. The topological polar surface area (TPSA) is 104 Å². The largest absolute Gasteiger partial charge is 0.378 e. The predicted molar refractivity (Wildman–Crippen MR) is 94.8 cm³/mol. The first kappa shape index (κ1) is 18.1. The average Bonchev–Trinajstić information content (AvgIpc) is 2.86. The van der Waals surface area contributed by atoms with Crippen LogP contribution in [0.15, 0.2) is 18.3 Å². The van der Waals surface area contributed by atoms with Gasteiger partial charge in [-0.15, -0.1) is 0 Å². The van der Waals surface area contributed by atoms with Gasteiger partial charge in [-0.25, -0.2) is 9.78 Å². The summed E-state index contributed by atoms with van der Waals surface area (Å²) in [6, 6.07) is 2.92. The van der Waals surface area contributed by atoms with Gasteiger partial charge in [0.05, 0.1) is 18.9 Å². The van der Waals surface area contributed by atoms with Gasteiger partial charge >= 0.3 is 6.03 Å². The zero-order valence-corrected chi connectivity index (χ0v) is 14.9. The zero-order chi connectivity index (χ0) is 18.7. The maximum atomic E-state index is 12.4. The molecule has 1 aromatic heterocycles. The molecule has 2 fully saturated rings. The van der Waals surface area contributed by atoms with Gasteiger partial charge in [-0.2, -0.15) is 0 Å². The van der Waals surface area contributed by atoms with Crippen LogP contribution in [0, 0.1) is 0 Å². The molecule has 0 bridgehead atoms. The summed E-state index contributed by atoms with van der Waals surface area (Å²) in [5, 5.41) is 5.40. The van der Waals surface area contributed by atoms with E-state index < -0.39 is 17.5 Å². The van der Waals surface area contributed by atoms with E-state index in [-0.39, 0.29) is 12.5 Å². The highest BCUT2D eigenvalue weighted by atomic mass is 16.5. The number of rotatable bonds is 5. The summed E-state index contributed by atoms with van der Waals surface area (Å²) in [5.41, 5.74) is -0.408. The molecule has 2 aliphatic rings. The molecule has 9 heteroatoms. The quantitative estimate of drug-likeness (QED) is 0.744. The maximum Gasteiger partial charge on any atom is 0.325 e. The third-order valence-electron chi connectivity index (χ3n) is 4.73. The minimum absolute atomic E-state index is 0.336. The minimum Gasteiger partial charge on any atom is -0.378 e. The summed E-state index contributed by atoms with van der Waals surface area (Å²) in [4.78, 5) is 44.2. The number of nitrogens with zero attached hydrogens (tertiary/aromatic N) is 3. The van der Waals surface area contributed by atoms with Crippen molar-refractivity contribution in [3.8, 4) is 0 Å². The van der Waals surface area contributed by atoms with Gasteiger partial charge < -0.3 is 20.3 Å². The van der Waals surface area contributed by atoms with Crippen molar-refractivity contribution < 1.29 is 19.1 Å². The van der Waals surface area contributed by atoms with E-state index in [0.29, 0.717) is 44.2 Å². The monoisotopic (exact) mass is 361 g/mol. The zero-order valence-electron chi connectivity index (χ0n) is 14.9. The van der Waals surface area contributed by atoms with Crippen molar-refractivity contribution in [2.75, 3.05) is 43.1 Å². The molecule has 0 saturated carbocycles. The second-order valence-corrected chi connectivity index (χ2v) is 6.53. The molecule has 1 atom stereocenters. The molecule has 140 valence electrons. The van der Waals surface area contributed by atoms with Crippen molar-refractivity contribution in [2.45, 2.75) is 25.8 Å². The Labute approximate surface area is 151 Å². The van der Waals surface area contributed by atoms with Crippen molar-refractivity contribution in [2.24, 2.45) is 0 Å². The molecule has 3 heterocycles. The number of carbonyl (C=O) groups is 3. The number of morpholine rings is 1. The maximum absolute atomic E-state index is 12.4. The van der Waals surface area contributed by atoms with E-state index in [1.165, 1.54) is 0 Å². The molecule has 9 nitrogen and oxygen atoms in total. The first-order valence-corrected chi connectivity index (χ1v) is 8.66. The van der Waals surface area contributed by atoms with Gasteiger partial charge in [-0.3, -0.25) is 14.5 Å². The Hall–Kier alpha value is -2.68. The van der Waals surface area contributed by atoms with E-state index in [9.17, 15) is 14.4 Å². The van der Waals surface area contributed by atoms with Crippen LogP contribution < -0.4 is 15.5 Å². The molecule has 1 aromatic rings. The van der Waals surface area contributed by atoms with Crippen LogP contribution in [0.3, 0.4) is 0 Å². The molecule has 4 amide bonds. The lowest BCUT2D eigenvalue weighted by Gasteiger charge is -2.29. The number of pyridine rings is 1. The molecular weight excluding hydrogens is 338 g/mol. The van der Waals surface area contributed by atoms with Crippen molar-refractivity contribution in [1.29, 1.82) is 0 Å². The highest BCUT2D eigenvalue weighted by molar-refractivity contribution is 6.10. The van der Waals surface area contributed by atoms with Gasteiger partial charge in [0.25, 0.3) is 5.91 Å². The van der Waals surface area contributed by atoms with E-state index in [2.05, 4.69) is 15.6 Å². The fourth-order valence-corrected chi connectivity index (χ4v) is 2.99. The Morgan fingerprint density at radius 3 is 2.77 bits per heavy atom. The molecule has 1 unspecified atom stereocenters. The lowest BCUT2D eigenvalue weighted by molar-refractivity contribution is -0.133. The highest BCUT2D eigenvalue weighted by Crippen LogP contribution is 2.24. The number of hydrogen-bond acceptors (Lipinski definition) is 6. The Morgan fingerprint density at radius 1 is 1.38 bits per heavy atom. The Morgan fingerprint density at radius 2 is 2.12 bits per heavy atom. The van der Waals surface area contributed by atoms with Crippen molar-refractivity contribution >= 4 is 29.4 Å². The number of aromatic nitrogens is 1. The average molecular weight is 361 g/mol. The summed E-state index contributed by atoms with van der Waals surface area (Å²) in [6.07, 6.45) is 2.12. The highest BCUT2D eigenvalue weighted by Gasteiger charge is 2.47. The molecule has 3 rings (SSSR count). The lowest BCUT2D eigenvalue weighted by atomic mass is 9.99. The minimum atomic E-state index is -0.954. The number of carbonyl (C=O) groups excluding carboxylic acids is 3. The molecule has 0 radical (unpaired) electrons. The van der Waals surface area contributed by atoms with Crippen molar-refractivity contribution in [3.63, 3.8) is 0 Å². The second-order valence-electron chi connectivity index (χ2n) is 6.53. The van der Waals surface area contributed by atoms with E-state index in [0.717, 1.165) is 4.90 Å². The number of urea groups is 1. The van der Waals surface area contributed by atoms with Crippen LogP contribution in [-0.2, 0) is 14.3 Å². The fourth-order valence-electron chi connectivity index (χ4n) is 2.99. The van der Waals surface area contributed by atoms with Gasteiger partial charge in [-0.1, -0.05) is 6.92 Å². The molecule has 2 N–H and O–H groups in total. The van der Waals surface area contributed by atoms with Crippen LogP contribution in [0.1, 0.15) is 20.3 Å². The van der Waals surface area contributed by atoms with Crippen LogP contribution in [0.5, 0.6) is 0 Å². The van der Waals surface area contributed by atoms with E-state index in [1.807, 2.05) is 11.8 Å². The van der Waals surface area contributed by atoms with Gasteiger partial charge in [0.15, 0.2) is 5.82 Å². The number of nitrogens with one attached hydrogen (secondary N) is 2. The predicted octanol–water partition coefficient (Wildman–Crippen LogP) is 0.577. The second kappa shape index (κ2) is 7.28. The van der Waals surface area contributed by atoms with Crippen LogP contribution in [0.4, 0.5) is 16.3 Å². The van der Waals surface area contributed by atoms with E-state index in [4.69, 9.17) is 4.74 Å². The standard InChI is InChI=1S/C17H23N5O4/c1-3-17(2)15(24)22(16(25)20-17)11-13(23)19-12-5-4-6-18-14(12)21-7-9-26-10-8-21/h4-6H,3,7-11H2,1-2H3,(H,19,23)(H,20,25). The van der Waals surface area contributed by atoms with Crippen LogP contribution in [0.2, 0.25) is 0 Å². The van der Waals surface area contributed by atoms with Gasteiger partial charge in [0.1, 0.15) is 12.1 Å². The summed E-state index contributed by atoms with van der Waals surface area (Å²) in [6.45, 7) is 5.69. The van der Waals surface area contributed by atoms with Gasteiger partial charge in [0.2, 0.25) is 5.91 Å². The Bertz CT molecular complexity index is 719. The Balaban J connectivity index is 1.69. The number of anilines is 2. The molecule has 2 aliphatic heterocycles. The molecule has 26 heavy (non-hydrogen) atoms. The summed E-state index contributed by atoms with van der Waals surface area (Å²) in [5.74, 6) is -0.184. The molecule has 0 aromatic carbocycles. The number of ether oxygens (including phenoxy) is 1. The fraction of sp³-hybridized carbons (Fsp3) is 0.529.